The molecule has 3 aromatic heterocycles. The van der Waals surface area contributed by atoms with Gasteiger partial charge in [0.15, 0.2) is 0 Å². The van der Waals surface area contributed by atoms with Gasteiger partial charge in [-0.2, -0.15) is 0 Å². The number of aromatic nitrogens is 6. The summed E-state index contributed by atoms with van der Waals surface area (Å²) in [6.07, 6.45) is 0.792. The normalized spacial score (nSPS) is 14.7. The molecule has 1 N–H and O–H groups in total. The van der Waals surface area contributed by atoms with E-state index in [0.717, 1.165) is 35.2 Å². The van der Waals surface area contributed by atoms with E-state index in [4.69, 9.17) is 9.47 Å². The van der Waals surface area contributed by atoms with E-state index < -0.39 is 17.6 Å². The van der Waals surface area contributed by atoms with Crippen LogP contribution in [-0.2, 0) is 31.4 Å². The fraction of sp³-hybridized carbons (Fsp3) is 0.219. The maximum absolute atomic E-state index is 15.5. The number of benzene rings is 3. The van der Waals surface area contributed by atoms with Crippen molar-refractivity contribution in [1.29, 1.82) is 0 Å². The predicted octanol–water partition coefficient (Wildman–Crippen LogP) is 5.32. The molecule has 0 unspecified atom stereocenters. The van der Waals surface area contributed by atoms with Crippen LogP contribution in [0.25, 0.3) is 33.3 Å². The molecule has 0 spiro atoms. The Morgan fingerprint density at radius 1 is 1.02 bits per heavy atom. The Hall–Kier alpha value is -5.23. The minimum absolute atomic E-state index is 0.000139. The summed E-state index contributed by atoms with van der Waals surface area (Å²) >= 11 is 0. The minimum Gasteiger partial charge on any atom is -0.478 e. The van der Waals surface area contributed by atoms with E-state index in [-0.39, 0.29) is 47.4 Å². The van der Waals surface area contributed by atoms with E-state index in [1.165, 1.54) is 6.07 Å². The number of carboxylic acid groups (broad SMARTS) is 1. The van der Waals surface area contributed by atoms with E-state index in [1.807, 2.05) is 29.8 Å². The van der Waals surface area contributed by atoms with Crippen LogP contribution in [-0.4, -0.2) is 53.3 Å². The Morgan fingerprint density at radius 3 is 2.68 bits per heavy atom. The van der Waals surface area contributed by atoms with Crippen LogP contribution >= 0.6 is 0 Å². The van der Waals surface area contributed by atoms with Crippen LogP contribution in [0.5, 0.6) is 5.88 Å². The van der Waals surface area contributed by atoms with Crippen LogP contribution in [0, 0.1) is 11.6 Å². The van der Waals surface area contributed by atoms with Gasteiger partial charge in [0.05, 0.1) is 40.5 Å². The van der Waals surface area contributed by atoms with E-state index in [2.05, 4.69) is 20.3 Å². The lowest BCUT2D eigenvalue weighted by Gasteiger charge is -2.27. The first-order chi connectivity index (χ1) is 21.3. The number of aromatic carboxylic acids is 1. The molecule has 1 aliphatic heterocycles. The monoisotopic (exact) mass is 596 g/mol. The van der Waals surface area contributed by atoms with E-state index in [9.17, 15) is 9.90 Å². The Bertz CT molecular complexity index is 2050. The first-order valence-electron chi connectivity index (χ1n) is 14.0. The Kier molecular flexibility index (Phi) is 6.97. The van der Waals surface area contributed by atoms with Crippen molar-refractivity contribution in [3.63, 3.8) is 0 Å². The molecule has 0 radical (unpaired) electrons. The molecule has 1 atom stereocenters. The van der Waals surface area contributed by atoms with Gasteiger partial charge in [-0.25, -0.2) is 28.2 Å². The van der Waals surface area contributed by atoms with Crippen molar-refractivity contribution < 1.29 is 28.2 Å². The highest BCUT2D eigenvalue weighted by Crippen LogP contribution is 2.29. The maximum Gasteiger partial charge on any atom is 0.335 e. The number of hydrogen-bond donors (Lipinski definition) is 1. The molecule has 10 nitrogen and oxygen atoms in total. The second-order valence-corrected chi connectivity index (χ2v) is 10.7. The molecular weight excluding hydrogens is 570 g/mol. The zero-order valence-corrected chi connectivity index (χ0v) is 23.6. The van der Waals surface area contributed by atoms with Gasteiger partial charge in [0, 0.05) is 31.7 Å². The fourth-order valence-corrected chi connectivity index (χ4v) is 5.35. The highest BCUT2D eigenvalue weighted by atomic mass is 19.1. The van der Waals surface area contributed by atoms with E-state index in [0.29, 0.717) is 30.0 Å². The van der Waals surface area contributed by atoms with Gasteiger partial charge in [-0.05, 0) is 66.1 Å². The number of halogens is 2. The van der Waals surface area contributed by atoms with Crippen LogP contribution in [0.15, 0.2) is 66.7 Å². The molecule has 222 valence electrons. The number of carbonyl (C=O) groups is 1. The second-order valence-electron chi connectivity index (χ2n) is 10.7. The van der Waals surface area contributed by atoms with Crippen molar-refractivity contribution in [1.82, 2.24) is 29.5 Å². The van der Waals surface area contributed by atoms with Gasteiger partial charge >= 0.3 is 5.97 Å². The molecule has 0 bridgehead atoms. The smallest absolute Gasteiger partial charge is 0.335 e. The molecule has 1 aliphatic rings. The first-order valence-corrected chi connectivity index (χ1v) is 14.0. The lowest BCUT2D eigenvalue weighted by Crippen LogP contribution is -2.31. The number of imidazole rings is 1. The quantitative estimate of drug-likeness (QED) is 0.239. The van der Waals surface area contributed by atoms with Gasteiger partial charge in [0.2, 0.25) is 5.88 Å². The van der Waals surface area contributed by atoms with Crippen molar-refractivity contribution in [2.24, 2.45) is 7.05 Å². The molecular formula is C32H26F2N6O4. The molecule has 3 aromatic carbocycles. The zero-order valence-electron chi connectivity index (χ0n) is 23.6. The molecule has 0 aliphatic carbocycles. The number of rotatable bonds is 9. The molecule has 4 heterocycles. The third-order valence-corrected chi connectivity index (χ3v) is 7.80. The number of nitrogens with zero attached hydrogens (tertiary/aromatic N) is 6. The highest BCUT2D eigenvalue weighted by Gasteiger charge is 2.24. The van der Waals surface area contributed by atoms with Gasteiger partial charge < -0.3 is 19.1 Å². The second kappa shape index (κ2) is 11.1. The van der Waals surface area contributed by atoms with Gasteiger partial charge in [0.1, 0.15) is 29.6 Å². The molecule has 0 saturated carbocycles. The lowest BCUT2D eigenvalue weighted by molar-refractivity contribution is -0.0589. The third kappa shape index (κ3) is 5.24. The Morgan fingerprint density at radius 2 is 1.89 bits per heavy atom. The van der Waals surface area contributed by atoms with Crippen molar-refractivity contribution in [2.45, 2.75) is 32.1 Å². The average Bonchev–Trinajstić information content (AvgIpc) is 3.54. The number of fused-ring (bicyclic) bond motifs is 2. The van der Waals surface area contributed by atoms with Gasteiger partial charge in [-0.3, -0.25) is 0 Å². The van der Waals surface area contributed by atoms with Gasteiger partial charge in [-0.1, -0.05) is 17.3 Å². The lowest BCUT2D eigenvalue weighted by atomic mass is 10.0. The van der Waals surface area contributed by atoms with Crippen LogP contribution in [0.1, 0.15) is 33.7 Å². The summed E-state index contributed by atoms with van der Waals surface area (Å²) in [6, 6.07) is 17.5. The Labute approximate surface area is 249 Å². The number of ether oxygens (including phenoxy) is 2. The summed E-state index contributed by atoms with van der Waals surface area (Å²) in [7, 11) is 1.82. The number of aryl methyl sites for hydroxylation is 1. The number of hydrogen-bond acceptors (Lipinski definition) is 7. The maximum atomic E-state index is 15.5. The Balaban J connectivity index is 1.14. The van der Waals surface area contributed by atoms with E-state index in [1.54, 1.807) is 35.0 Å². The molecule has 7 rings (SSSR count). The molecule has 1 saturated heterocycles. The van der Waals surface area contributed by atoms with Gasteiger partial charge in [-0.15, -0.1) is 5.10 Å². The van der Waals surface area contributed by atoms with Crippen LogP contribution < -0.4 is 4.74 Å². The number of pyridine rings is 1. The fourth-order valence-electron chi connectivity index (χ4n) is 5.35. The molecule has 0 amide bonds. The SMILES string of the molecule is Cn1nnc2cc(COc3cccc(-c4cc(F)c(Cc5nc6ccc(C(=O)O)cc6n5C[C@@H]5CCO5)cc4F)n3)ccc21. The molecule has 6 aromatic rings. The average molecular weight is 597 g/mol. The van der Waals surface area contributed by atoms with Crippen LogP contribution in [0.3, 0.4) is 0 Å². The molecule has 1 fully saturated rings. The summed E-state index contributed by atoms with van der Waals surface area (Å²) < 4.78 is 46.0. The third-order valence-electron chi connectivity index (χ3n) is 7.80. The minimum atomic E-state index is -1.06. The summed E-state index contributed by atoms with van der Waals surface area (Å²) in [4.78, 5) is 20.6. The predicted molar refractivity (Wildman–Crippen MR) is 156 cm³/mol. The first kappa shape index (κ1) is 27.6. The van der Waals surface area contributed by atoms with Crippen LogP contribution in [0.2, 0.25) is 0 Å². The summed E-state index contributed by atoms with van der Waals surface area (Å²) in [5.41, 5.74) is 4.13. The topological polar surface area (TPSA) is 117 Å². The summed E-state index contributed by atoms with van der Waals surface area (Å²) in [6.45, 7) is 1.28. The van der Waals surface area contributed by atoms with Crippen molar-refractivity contribution >= 4 is 28.0 Å². The van der Waals surface area contributed by atoms with Gasteiger partial charge in [0.25, 0.3) is 0 Å². The summed E-state index contributed by atoms with van der Waals surface area (Å²) in [5, 5.41) is 17.6. The highest BCUT2D eigenvalue weighted by molar-refractivity contribution is 5.92. The van der Waals surface area contributed by atoms with E-state index >= 15 is 8.78 Å². The standard InChI is InChI=1S/C32H26F2N6O4/c1-39-28-8-5-18(11-27(28)37-38-39)17-44-31-4-2-3-25(36-31)22-15-23(33)20(12-24(22)34)14-30-35-26-7-6-19(32(41)42)13-29(26)40(30)16-21-9-10-43-21/h2-8,11-13,15,21H,9-10,14,16-17H2,1H3,(H,41,42)/t21-/m0/s1. The zero-order chi connectivity index (χ0) is 30.4. The van der Waals surface area contributed by atoms with Crippen LogP contribution in [0.4, 0.5) is 8.78 Å². The van der Waals surface area contributed by atoms with Crippen molar-refractivity contribution in [3.05, 3.63) is 101 Å². The largest absolute Gasteiger partial charge is 0.478 e. The molecule has 44 heavy (non-hydrogen) atoms. The summed E-state index contributed by atoms with van der Waals surface area (Å²) in [5.74, 6) is -1.57. The number of carboxylic acids is 1. The van der Waals surface area contributed by atoms with Crippen molar-refractivity contribution in [2.75, 3.05) is 6.61 Å². The molecule has 12 heteroatoms. The van der Waals surface area contributed by atoms with Crippen molar-refractivity contribution in [3.8, 4) is 17.1 Å².